The Bertz CT molecular complexity index is 1460. The molecule has 0 bridgehead atoms. The van der Waals surface area contributed by atoms with Gasteiger partial charge >= 0.3 is 5.97 Å². The lowest BCUT2D eigenvalue weighted by Gasteiger charge is -2.20. The Balaban J connectivity index is 1.35. The highest BCUT2D eigenvalue weighted by atomic mass is 35.5. The molecule has 0 atom stereocenters. The zero-order valence-electron chi connectivity index (χ0n) is 19.2. The van der Waals surface area contributed by atoms with E-state index in [1.807, 2.05) is 43.3 Å². The lowest BCUT2D eigenvalue weighted by atomic mass is 10.0. The summed E-state index contributed by atoms with van der Waals surface area (Å²) in [4.78, 5) is 11.6. The highest BCUT2D eigenvalue weighted by molar-refractivity contribution is 6.33. The fourth-order valence-corrected chi connectivity index (χ4v) is 5.00. The number of halogens is 1. The third-order valence-corrected chi connectivity index (χ3v) is 6.85. The van der Waals surface area contributed by atoms with Crippen molar-refractivity contribution in [3.8, 4) is 34.0 Å². The number of carboxylic acids is 1. The number of nitrogens with zero attached hydrogens (tertiary/aromatic N) is 3. The molecule has 35 heavy (non-hydrogen) atoms. The summed E-state index contributed by atoms with van der Waals surface area (Å²) in [5, 5.41) is 18.7. The standard InChI is InChI=1S/C26H22ClN3O5/c1-13-4-3-5-19(27)21(13)22-18(25(35-29-22)14-6-7-14)12-33-15-8-9-20-16(10-15)24-17(11-34-20)23(26(31)32)28-30(24)2/h3-5,8-10,14H,6-7,11-12H2,1-2H3,(H,31,32). The van der Waals surface area contributed by atoms with Gasteiger partial charge in [-0.05, 0) is 49.6 Å². The average Bonchev–Trinajstić information content (AvgIpc) is 3.50. The Kier molecular flexibility index (Phi) is 5.07. The summed E-state index contributed by atoms with van der Waals surface area (Å²) in [6.07, 6.45) is 2.13. The largest absolute Gasteiger partial charge is 0.489 e. The van der Waals surface area contributed by atoms with Crippen LogP contribution in [0.3, 0.4) is 0 Å². The maximum absolute atomic E-state index is 11.6. The van der Waals surface area contributed by atoms with Gasteiger partial charge in [0, 0.05) is 24.1 Å². The zero-order chi connectivity index (χ0) is 24.3. The molecule has 0 saturated heterocycles. The molecular formula is C26H22ClN3O5. The van der Waals surface area contributed by atoms with Crippen LogP contribution in [0.25, 0.3) is 22.5 Å². The molecule has 0 spiro atoms. The van der Waals surface area contributed by atoms with Crippen LogP contribution >= 0.6 is 11.6 Å². The minimum absolute atomic E-state index is 0.00207. The minimum atomic E-state index is -1.08. The molecule has 9 heteroatoms. The Labute approximate surface area is 206 Å². The molecule has 1 aliphatic carbocycles. The van der Waals surface area contributed by atoms with Crippen LogP contribution in [0.15, 0.2) is 40.9 Å². The fraction of sp³-hybridized carbons (Fsp3) is 0.269. The predicted octanol–water partition coefficient (Wildman–Crippen LogP) is 5.75. The first-order valence-electron chi connectivity index (χ1n) is 11.4. The van der Waals surface area contributed by atoms with Gasteiger partial charge in [-0.2, -0.15) is 5.10 Å². The van der Waals surface area contributed by atoms with Gasteiger partial charge in [0.2, 0.25) is 0 Å². The molecule has 2 aromatic carbocycles. The van der Waals surface area contributed by atoms with Gasteiger partial charge in [0.05, 0.1) is 21.8 Å². The van der Waals surface area contributed by atoms with E-state index in [2.05, 4.69) is 10.3 Å². The SMILES string of the molecule is Cc1cccc(Cl)c1-c1noc(C2CC2)c1COc1ccc2c(c1)-c1c(c(C(=O)O)nn1C)CO2. The molecule has 1 saturated carbocycles. The molecular weight excluding hydrogens is 470 g/mol. The second-order valence-electron chi connectivity index (χ2n) is 8.92. The number of hydrogen-bond acceptors (Lipinski definition) is 6. The molecule has 2 aromatic heterocycles. The summed E-state index contributed by atoms with van der Waals surface area (Å²) in [7, 11) is 1.73. The number of aryl methyl sites for hydroxylation is 2. The molecule has 3 heterocycles. The van der Waals surface area contributed by atoms with Gasteiger partial charge < -0.3 is 19.1 Å². The third kappa shape index (κ3) is 3.65. The smallest absolute Gasteiger partial charge is 0.356 e. The van der Waals surface area contributed by atoms with Crippen LogP contribution in [0.5, 0.6) is 11.5 Å². The lowest BCUT2D eigenvalue weighted by molar-refractivity contribution is 0.0686. The van der Waals surface area contributed by atoms with Crippen molar-refractivity contribution in [1.82, 2.24) is 14.9 Å². The van der Waals surface area contributed by atoms with Crippen molar-refractivity contribution in [2.45, 2.75) is 38.9 Å². The molecule has 0 radical (unpaired) electrons. The first-order valence-corrected chi connectivity index (χ1v) is 11.7. The molecule has 0 amide bonds. The predicted molar refractivity (Wildman–Crippen MR) is 128 cm³/mol. The molecule has 178 valence electrons. The van der Waals surface area contributed by atoms with E-state index in [0.29, 0.717) is 39.4 Å². The summed E-state index contributed by atoms with van der Waals surface area (Å²) in [6.45, 7) is 2.41. The molecule has 6 rings (SSSR count). The zero-order valence-corrected chi connectivity index (χ0v) is 19.9. The molecule has 4 aromatic rings. The van der Waals surface area contributed by atoms with Crippen LogP contribution in [-0.2, 0) is 20.3 Å². The van der Waals surface area contributed by atoms with Gasteiger partial charge in [-0.1, -0.05) is 28.9 Å². The number of hydrogen-bond donors (Lipinski definition) is 1. The second-order valence-corrected chi connectivity index (χ2v) is 9.33. The maximum Gasteiger partial charge on any atom is 0.356 e. The molecule has 1 aliphatic heterocycles. The number of aromatic carboxylic acids is 1. The molecule has 1 N–H and O–H groups in total. The Morgan fingerprint density at radius 3 is 2.86 bits per heavy atom. The maximum atomic E-state index is 11.6. The number of aromatic nitrogens is 3. The van der Waals surface area contributed by atoms with Gasteiger partial charge in [-0.25, -0.2) is 4.79 Å². The van der Waals surface area contributed by atoms with E-state index < -0.39 is 5.97 Å². The normalized spacial score (nSPS) is 14.3. The first-order chi connectivity index (χ1) is 16.9. The van der Waals surface area contributed by atoms with Crippen LogP contribution in [0, 0.1) is 6.92 Å². The third-order valence-electron chi connectivity index (χ3n) is 6.53. The molecule has 2 aliphatic rings. The van der Waals surface area contributed by atoms with E-state index in [9.17, 15) is 9.90 Å². The van der Waals surface area contributed by atoms with Gasteiger partial charge in [0.25, 0.3) is 0 Å². The van der Waals surface area contributed by atoms with E-state index in [4.69, 9.17) is 25.6 Å². The van der Waals surface area contributed by atoms with Gasteiger partial charge in [0.1, 0.15) is 36.2 Å². The van der Waals surface area contributed by atoms with Gasteiger partial charge in [-0.15, -0.1) is 0 Å². The van der Waals surface area contributed by atoms with E-state index in [-0.39, 0.29) is 18.9 Å². The highest BCUT2D eigenvalue weighted by Crippen LogP contribution is 2.46. The van der Waals surface area contributed by atoms with Crippen molar-refractivity contribution in [3.63, 3.8) is 0 Å². The molecule has 1 fully saturated rings. The van der Waals surface area contributed by atoms with Gasteiger partial charge in [-0.3, -0.25) is 4.68 Å². The minimum Gasteiger partial charge on any atom is -0.489 e. The molecule has 8 nitrogen and oxygen atoms in total. The number of carboxylic acid groups (broad SMARTS) is 1. The number of ether oxygens (including phenoxy) is 2. The van der Waals surface area contributed by atoms with Crippen molar-refractivity contribution < 1.29 is 23.9 Å². The van der Waals surface area contributed by atoms with Crippen LogP contribution in [0.2, 0.25) is 5.02 Å². The summed E-state index contributed by atoms with van der Waals surface area (Å²) in [5.74, 6) is 1.38. The summed E-state index contributed by atoms with van der Waals surface area (Å²) < 4.78 is 19.4. The Morgan fingerprint density at radius 1 is 1.29 bits per heavy atom. The van der Waals surface area contributed by atoms with Crippen LogP contribution in [-0.4, -0.2) is 26.0 Å². The van der Waals surface area contributed by atoms with Crippen LogP contribution in [0.4, 0.5) is 0 Å². The summed E-state index contributed by atoms with van der Waals surface area (Å²) in [5.41, 5.74) is 5.46. The first kappa shape index (κ1) is 21.7. The van der Waals surface area contributed by atoms with Crippen LogP contribution in [0.1, 0.15) is 51.7 Å². The Morgan fingerprint density at radius 2 is 2.11 bits per heavy atom. The van der Waals surface area contributed by atoms with Crippen molar-refractivity contribution in [3.05, 3.63) is 69.6 Å². The quantitative estimate of drug-likeness (QED) is 0.366. The number of benzene rings is 2. The van der Waals surface area contributed by atoms with Crippen molar-refractivity contribution in [2.24, 2.45) is 7.05 Å². The molecule has 0 unspecified atom stereocenters. The van der Waals surface area contributed by atoms with Gasteiger partial charge in [0.15, 0.2) is 5.69 Å². The number of carbonyl (C=O) groups is 1. The topological polar surface area (TPSA) is 99.6 Å². The average molecular weight is 492 g/mol. The lowest BCUT2D eigenvalue weighted by Crippen LogP contribution is -2.09. The van der Waals surface area contributed by atoms with E-state index in [0.717, 1.165) is 40.9 Å². The number of fused-ring (bicyclic) bond motifs is 3. The van der Waals surface area contributed by atoms with Crippen molar-refractivity contribution in [2.75, 3.05) is 0 Å². The summed E-state index contributed by atoms with van der Waals surface area (Å²) >= 11 is 6.54. The van der Waals surface area contributed by atoms with Crippen molar-refractivity contribution >= 4 is 17.6 Å². The van der Waals surface area contributed by atoms with Crippen LogP contribution < -0.4 is 9.47 Å². The second kappa shape index (κ2) is 8.16. The van der Waals surface area contributed by atoms with Crippen molar-refractivity contribution in [1.29, 1.82) is 0 Å². The number of rotatable bonds is 6. The summed E-state index contributed by atoms with van der Waals surface area (Å²) in [6, 6.07) is 11.3. The van der Waals surface area contributed by atoms with E-state index >= 15 is 0 Å². The Hall–Kier alpha value is -3.78. The highest BCUT2D eigenvalue weighted by Gasteiger charge is 2.34. The monoisotopic (exact) mass is 491 g/mol. The fourth-order valence-electron chi connectivity index (χ4n) is 4.68. The van der Waals surface area contributed by atoms with E-state index in [1.54, 1.807) is 11.7 Å². The van der Waals surface area contributed by atoms with E-state index in [1.165, 1.54) is 0 Å².